The molecular formula is C14H17F. The maximum absolute atomic E-state index is 13.2. The molecule has 0 nitrogen and oxygen atoms in total. The van der Waals surface area contributed by atoms with Crippen LogP contribution in [-0.2, 0) is 5.41 Å². The molecule has 1 heteroatoms. The van der Waals surface area contributed by atoms with E-state index in [1.807, 2.05) is 6.07 Å². The van der Waals surface area contributed by atoms with Gasteiger partial charge in [0.1, 0.15) is 5.82 Å². The summed E-state index contributed by atoms with van der Waals surface area (Å²) in [6.45, 7) is 0. The summed E-state index contributed by atoms with van der Waals surface area (Å²) in [7, 11) is 0. The first-order valence-electron chi connectivity index (χ1n) is 6.05. The maximum Gasteiger partial charge on any atom is 0.123 e. The summed E-state index contributed by atoms with van der Waals surface area (Å²) in [5, 5.41) is 0. The lowest BCUT2D eigenvalue weighted by molar-refractivity contribution is 0.135. The van der Waals surface area contributed by atoms with E-state index >= 15 is 0 Å². The van der Waals surface area contributed by atoms with Crippen molar-refractivity contribution >= 4 is 0 Å². The van der Waals surface area contributed by atoms with Crippen LogP contribution in [0.3, 0.4) is 0 Å². The molecule has 2 bridgehead atoms. The van der Waals surface area contributed by atoms with Crippen molar-refractivity contribution in [2.75, 3.05) is 0 Å². The fraction of sp³-hybridized carbons (Fsp3) is 0.571. The van der Waals surface area contributed by atoms with Crippen molar-refractivity contribution < 1.29 is 4.39 Å². The zero-order valence-corrected chi connectivity index (χ0v) is 9.01. The van der Waals surface area contributed by atoms with E-state index in [-0.39, 0.29) is 5.82 Å². The Morgan fingerprint density at radius 2 is 1.73 bits per heavy atom. The Morgan fingerprint density at radius 1 is 1.07 bits per heavy atom. The molecule has 1 aromatic rings. The molecule has 1 aromatic carbocycles. The van der Waals surface area contributed by atoms with Gasteiger partial charge in [0.05, 0.1) is 0 Å². The monoisotopic (exact) mass is 204 g/mol. The zero-order valence-electron chi connectivity index (χ0n) is 9.01. The third-order valence-electron chi connectivity index (χ3n) is 4.53. The largest absolute Gasteiger partial charge is 0.207 e. The van der Waals surface area contributed by atoms with Crippen LogP contribution in [0.4, 0.5) is 4.39 Å². The van der Waals surface area contributed by atoms with Crippen molar-refractivity contribution in [3.05, 3.63) is 35.6 Å². The maximum atomic E-state index is 13.2. The van der Waals surface area contributed by atoms with Crippen LogP contribution in [0.2, 0.25) is 0 Å². The van der Waals surface area contributed by atoms with E-state index in [0.717, 1.165) is 5.92 Å². The molecule has 0 aliphatic heterocycles. The van der Waals surface area contributed by atoms with Gasteiger partial charge in [-0.3, -0.25) is 0 Å². The number of benzene rings is 1. The van der Waals surface area contributed by atoms with Crippen molar-refractivity contribution in [2.45, 2.75) is 43.9 Å². The predicted molar refractivity (Wildman–Crippen MR) is 59.3 cm³/mol. The lowest BCUT2D eigenvalue weighted by Crippen LogP contribution is -2.37. The van der Waals surface area contributed by atoms with Crippen LogP contribution >= 0.6 is 0 Å². The van der Waals surface area contributed by atoms with Crippen molar-refractivity contribution in [1.29, 1.82) is 0 Å². The number of hydrogen-bond acceptors (Lipinski definition) is 0. The Bertz CT molecular complexity index is 348. The van der Waals surface area contributed by atoms with Crippen molar-refractivity contribution in [1.82, 2.24) is 0 Å². The second-order valence-corrected chi connectivity index (χ2v) is 5.27. The van der Waals surface area contributed by atoms with Gasteiger partial charge in [-0.2, -0.15) is 0 Å². The quantitative estimate of drug-likeness (QED) is 0.647. The van der Waals surface area contributed by atoms with Crippen LogP contribution in [0.1, 0.15) is 44.1 Å². The highest BCUT2D eigenvalue weighted by molar-refractivity contribution is 5.28. The third kappa shape index (κ3) is 1.49. The molecule has 0 spiro atoms. The normalized spacial score (nSPS) is 34.3. The number of rotatable bonds is 1. The zero-order chi connectivity index (χ0) is 10.3. The van der Waals surface area contributed by atoms with Gasteiger partial charge in [-0.1, -0.05) is 12.1 Å². The average Bonchev–Trinajstić information content (AvgIpc) is 2.31. The van der Waals surface area contributed by atoms with E-state index < -0.39 is 0 Å². The van der Waals surface area contributed by atoms with E-state index in [2.05, 4.69) is 6.07 Å². The van der Waals surface area contributed by atoms with Crippen LogP contribution in [-0.4, -0.2) is 0 Å². The number of hydrogen-bond donors (Lipinski definition) is 0. The van der Waals surface area contributed by atoms with E-state index in [1.54, 1.807) is 12.1 Å². The molecule has 0 unspecified atom stereocenters. The molecule has 3 aliphatic rings. The average molecular weight is 204 g/mol. The highest BCUT2D eigenvalue weighted by atomic mass is 19.1. The molecule has 3 fully saturated rings. The van der Waals surface area contributed by atoms with Gasteiger partial charge in [0.15, 0.2) is 0 Å². The van der Waals surface area contributed by atoms with Gasteiger partial charge in [0.25, 0.3) is 0 Å². The lowest BCUT2D eigenvalue weighted by atomic mass is 9.58. The molecular weight excluding hydrogens is 187 g/mol. The predicted octanol–water partition coefficient (Wildman–Crippen LogP) is 4.05. The topological polar surface area (TPSA) is 0 Å². The molecule has 0 heterocycles. The van der Waals surface area contributed by atoms with E-state index in [4.69, 9.17) is 0 Å². The lowest BCUT2D eigenvalue weighted by Gasteiger charge is -2.47. The molecule has 0 N–H and O–H groups in total. The Morgan fingerprint density at radius 3 is 2.33 bits per heavy atom. The Balaban J connectivity index is 1.97. The number of halogens is 1. The minimum Gasteiger partial charge on any atom is -0.207 e. The molecule has 15 heavy (non-hydrogen) atoms. The second kappa shape index (κ2) is 3.33. The van der Waals surface area contributed by atoms with Gasteiger partial charge in [-0.15, -0.1) is 0 Å². The highest BCUT2D eigenvalue weighted by Crippen LogP contribution is 2.51. The summed E-state index contributed by atoms with van der Waals surface area (Å²) < 4.78 is 13.2. The minimum absolute atomic E-state index is 0.0745. The minimum atomic E-state index is -0.0745. The third-order valence-corrected chi connectivity index (χ3v) is 4.53. The smallest absolute Gasteiger partial charge is 0.123 e. The van der Waals surface area contributed by atoms with Gasteiger partial charge >= 0.3 is 0 Å². The van der Waals surface area contributed by atoms with Crippen LogP contribution in [0.5, 0.6) is 0 Å². The van der Waals surface area contributed by atoms with Crippen LogP contribution in [0.25, 0.3) is 0 Å². The van der Waals surface area contributed by atoms with Crippen molar-refractivity contribution in [3.63, 3.8) is 0 Å². The van der Waals surface area contributed by atoms with E-state index in [9.17, 15) is 4.39 Å². The van der Waals surface area contributed by atoms with Gasteiger partial charge in [-0.05, 0) is 67.6 Å². The standard InChI is InChI=1S/C14H17F/c15-13-3-1-2-12(10-13)14-7-4-11(5-8-14)6-9-14/h1-3,10-11H,4-9H2. The molecule has 4 rings (SSSR count). The summed E-state index contributed by atoms with van der Waals surface area (Å²) in [6.07, 6.45) is 7.91. The van der Waals surface area contributed by atoms with E-state index in [1.165, 1.54) is 44.1 Å². The van der Waals surface area contributed by atoms with Gasteiger partial charge < -0.3 is 0 Å². The summed E-state index contributed by atoms with van der Waals surface area (Å²) in [5.74, 6) is 0.898. The first-order valence-corrected chi connectivity index (χ1v) is 6.05. The summed E-state index contributed by atoms with van der Waals surface area (Å²) in [6, 6.07) is 7.29. The number of fused-ring (bicyclic) bond motifs is 3. The van der Waals surface area contributed by atoms with Crippen LogP contribution in [0.15, 0.2) is 24.3 Å². The molecule has 0 saturated heterocycles. The highest BCUT2D eigenvalue weighted by Gasteiger charge is 2.41. The molecule has 0 radical (unpaired) electrons. The van der Waals surface area contributed by atoms with Crippen LogP contribution in [0, 0.1) is 11.7 Å². The molecule has 3 aliphatic carbocycles. The van der Waals surface area contributed by atoms with Gasteiger partial charge in [0.2, 0.25) is 0 Å². The fourth-order valence-electron chi connectivity index (χ4n) is 3.50. The first kappa shape index (κ1) is 9.38. The first-order chi connectivity index (χ1) is 7.28. The molecule has 3 saturated carbocycles. The summed E-state index contributed by atoms with van der Waals surface area (Å²) >= 11 is 0. The molecule has 0 atom stereocenters. The van der Waals surface area contributed by atoms with Crippen molar-refractivity contribution in [3.8, 4) is 0 Å². The molecule has 80 valence electrons. The second-order valence-electron chi connectivity index (χ2n) is 5.27. The fourth-order valence-corrected chi connectivity index (χ4v) is 3.50. The molecule has 0 amide bonds. The van der Waals surface area contributed by atoms with Crippen molar-refractivity contribution in [2.24, 2.45) is 5.92 Å². The van der Waals surface area contributed by atoms with Gasteiger partial charge in [0, 0.05) is 0 Å². The summed E-state index contributed by atoms with van der Waals surface area (Å²) in [5.41, 5.74) is 1.58. The Labute approximate surface area is 90.5 Å². The van der Waals surface area contributed by atoms with Crippen LogP contribution < -0.4 is 0 Å². The summed E-state index contributed by atoms with van der Waals surface area (Å²) in [4.78, 5) is 0. The Hall–Kier alpha value is -0.850. The van der Waals surface area contributed by atoms with Gasteiger partial charge in [-0.25, -0.2) is 4.39 Å². The molecule has 0 aromatic heterocycles. The Kier molecular flexibility index (Phi) is 2.08. The SMILES string of the molecule is Fc1cccc(C23CCC(CC2)CC3)c1. The van der Waals surface area contributed by atoms with E-state index in [0.29, 0.717) is 5.41 Å².